The minimum Gasteiger partial charge on any atom is -0.274 e. The first-order valence-corrected chi connectivity index (χ1v) is 9.28. The van der Waals surface area contributed by atoms with Crippen LogP contribution in [0.2, 0.25) is 0 Å². The van der Waals surface area contributed by atoms with Crippen LogP contribution in [0.25, 0.3) is 0 Å². The fourth-order valence-electron chi connectivity index (χ4n) is 5.06. The second-order valence-corrected chi connectivity index (χ2v) is 9.75. The van der Waals surface area contributed by atoms with Crippen molar-refractivity contribution in [1.29, 1.82) is 0 Å². The number of hydrogen-bond donors (Lipinski definition) is 0. The molecule has 1 unspecified atom stereocenters. The summed E-state index contributed by atoms with van der Waals surface area (Å²) in [5.74, 6) is 0.751. The van der Waals surface area contributed by atoms with Crippen molar-refractivity contribution in [3.05, 3.63) is 0 Å². The van der Waals surface area contributed by atoms with Crippen LogP contribution < -0.4 is 0 Å². The van der Waals surface area contributed by atoms with E-state index in [1.54, 1.807) is 0 Å². The molecule has 2 saturated carbocycles. The molecule has 3 aliphatic rings. The Balaban J connectivity index is 2.00. The maximum Gasteiger partial charge on any atom is 0.238 e. The first-order chi connectivity index (χ1) is 9.12. The van der Waals surface area contributed by atoms with Crippen molar-refractivity contribution in [1.82, 2.24) is 4.31 Å². The van der Waals surface area contributed by atoms with Gasteiger partial charge < -0.3 is 0 Å². The van der Waals surface area contributed by atoms with Gasteiger partial charge in [-0.05, 0) is 36.5 Å². The van der Waals surface area contributed by atoms with E-state index >= 15 is 0 Å². The molecular weight excluding hydrogens is 275 g/mol. The van der Waals surface area contributed by atoms with Crippen molar-refractivity contribution in [3.8, 4) is 0 Å². The van der Waals surface area contributed by atoms with Gasteiger partial charge in [0.05, 0.1) is 11.8 Å². The summed E-state index contributed by atoms with van der Waals surface area (Å²) in [5.41, 5.74) is -0.152. The molecule has 2 bridgehead atoms. The second kappa shape index (κ2) is 3.99. The first kappa shape index (κ1) is 14.4. The fraction of sp³-hybridized carbons (Fsp3) is 0.933. The van der Waals surface area contributed by atoms with E-state index in [1.165, 1.54) is 4.31 Å². The van der Waals surface area contributed by atoms with Crippen molar-refractivity contribution in [2.24, 2.45) is 22.7 Å². The van der Waals surface area contributed by atoms with E-state index in [4.69, 9.17) is 0 Å². The van der Waals surface area contributed by atoms with Crippen LogP contribution in [0.1, 0.15) is 53.4 Å². The molecule has 1 saturated heterocycles. The van der Waals surface area contributed by atoms with Gasteiger partial charge in [-0.15, -0.1) is 0 Å². The SMILES string of the molecule is CC([13CH3])CC(=O)N1[C@@H]2C[C@H]3CC[C@]2(CS1(=O)=O)C3(C)C. The predicted molar refractivity (Wildman–Crippen MR) is 77.4 cm³/mol. The number of carbonyl (C=O) groups excluding carboxylic acids is 1. The van der Waals surface area contributed by atoms with E-state index in [0.717, 1.165) is 19.3 Å². The van der Waals surface area contributed by atoms with Gasteiger partial charge in [0.2, 0.25) is 15.9 Å². The molecular formula is C15H25NO3S. The van der Waals surface area contributed by atoms with E-state index in [2.05, 4.69) is 13.8 Å². The van der Waals surface area contributed by atoms with Gasteiger partial charge >= 0.3 is 0 Å². The number of fused-ring (bicyclic) bond motifs is 1. The van der Waals surface area contributed by atoms with Gasteiger partial charge in [0.25, 0.3) is 0 Å². The zero-order valence-electron chi connectivity index (χ0n) is 12.8. The largest absolute Gasteiger partial charge is 0.274 e. The molecule has 0 radical (unpaired) electrons. The lowest BCUT2D eigenvalue weighted by Crippen LogP contribution is -2.44. The van der Waals surface area contributed by atoms with Gasteiger partial charge in [0, 0.05) is 11.8 Å². The molecule has 20 heavy (non-hydrogen) atoms. The number of rotatable bonds is 2. The molecule has 4 atom stereocenters. The van der Waals surface area contributed by atoms with Crippen molar-refractivity contribution in [2.75, 3.05) is 5.75 Å². The molecule has 1 aliphatic heterocycles. The Labute approximate surface area is 122 Å². The van der Waals surface area contributed by atoms with E-state index in [0.29, 0.717) is 12.3 Å². The molecule has 5 heteroatoms. The van der Waals surface area contributed by atoms with Gasteiger partial charge in [0.15, 0.2) is 0 Å². The first-order valence-electron chi connectivity index (χ1n) is 7.67. The van der Waals surface area contributed by atoms with Crippen LogP contribution in [0.4, 0.5) is 0 Å². The fourth-order valence-corrected chi connectivity index (χ4v) is 7.62. The third kappa shape index (κ3) is 1.59. The number of carbonyl (C=O) groups is 1. The molecule has 2 aliphatic carbocycles. The van der Waals surface area contributed by atoms with Gasteiger partial charge in [0.1, 0.15) is 0 Å². The smallest absolute Gasteiger partial charge is 0.238 e. The number of hydrogen-bond acceptors (Lipinski definition) is 3. The Morgan fingerprint density at radius 2 is 2.00 bits per heavy atom. The van der Waals surface area contributed by atoms with Crippen molar-refractivity contribution in [3.63, 3.8) is 0 Å². The zero-order chi connectivity index (χ0) is 14.9. The lowest BCUT2D eigenvalue weighted by atomic mass is 9.69. The van der Waals surface area contributed by atoms with Crippen LogP contribution in [-0.2, 0) is 14.8 Å². The van der Waals surface area contributed by atoms with Gasteiger partial charge in [-0.25, -0.2) is 12.7 Å². The van der Waals surface area contributed by atoms with Crippen LogP contribution in [0.15, 0.2) is 0 Å². The maximum atomic E-state index is 12.6. The number of amides is 1. The highest BCUT2D eigenvalue weighted by molar-refractivity contribution is 7.90. The summed E-state index contributed by atoms with van der Waals surface area (Å²) in [6, 6.07) is -0.0764. The molecule has 3 rings (SSSR count). The molecule has 1 spiro atoms. The van der Waals surface area contributed by atoms with Crippen molar-refractivity contribution >= 4 is 15.9 Å². The van der Waals surface area contributed by atoms with E-state index < -0.39 is 10.0 Å². The summed E-state index contributed by atoms with van der Waals surface area (Å²) < 4.78 is 26.4. The summed E-state index contributed by atoms with van der Waals surface area (Å²) >= 11 is 0. The quantitative estimate of drug-likeness (QED) is 0.736. The number of sulfonamides is 1. The lowest BCUT2D eigenvalue weighted by molar-refractivity contribution is -0.129. The van der Waals surface area contributed by atoms with Crippen LogP contribution in [-0.4, -0.2) is 30.4 Å². The van der Waals surface area contributed by atoms with Crippen molar-refractivity contribution < 1.29 is 13.2 Å². The van der Waals surface area contributed by atoms with E-state index in [9.17, 15) is 13.2 Å². The zero-order valence-corrected chi connectivity index (χ0v) is 13.7. The molecule has 0 aromatic heterocycles. The highest BCUT2D eigenvalue weighted by Gasteiger charge is 2.72. The topological polar surface area (TPSA) is 54.5 Å². The standard InChI is InChI=1S/C15H25NO3S/c1-10(2)7-13(17)16-12-8-11-5-6-15(12,14(11,3)4)9-20(16,18)19/h10-12H,5-9H2,1-4H3/t11-,12-,15-/m1/s1/i1+1/t10?,11-,12-,15-. The maximum absolute atomic E-state index is 12.6. The minimum atomic E-state index is -3.42. The normalized spacial score (nSPS) is 41.7. The second-order valence-electron chi connectivity index (χ2n) is 7.91. The Bertz CT molecular complexity index is 551. The highest BCUT2D eigenvalue weighted by Crippen LogP contribution is 2.70. The van der Waals surface area contributed by atoms with Crippen LogP contribution in [0.3, 0.4) is 0 Å². The molecule has 114 valence electrons. The van der Waals surface area contributed by atoms with Crippen LogP contribution in [0.5, 0.6) is 0 Å². The summed E-state index contributed by atoms with van der Waals surface area (Å²) in [6.45, 7) is 8.33. The van der Waals surface area contributed by atoms with Gasteiger partial charge in [-0.3, -0.25) is 4.79 Å². The third-order valence-electron chi connectivity index (χ3n) is 6.24. The van der Waals surface area contributed by atoms with Crippen molar-refractivity contribution in [2.45, 2.75) is 59.4 Å². The summed E-state index contributed by atoms with van der Waals surface area (Å²) in [6.07, 6.45) is 3.28. The predicted octanol–water partition coefficient (Wildman–Crippen LogP) is 2.40. The molecule has 1 amide bonds. The average molecular weight is 300 g/mol. The average Bonchev–Trinajstić information content (AvgIpc) is 2.73. The molecule has 0 aromatic rings. The summed E-state index contributed by atoms with van der Waals surface area (Å²) in [7, 11) is -3.42. The Morgan fingerprint density at radius 3 is 2.55 bits per heavy atom. The molecule has 4 nitrogen and oxygen atoms in total. The number of nitrogens with zero attached hydrogens (tertiary/aromatic N) is 1. The van der Waals surface area contributed by atoms with Gasteiger partial charge in [-0.1, -0.05) is 27.7 Å². The summed E-state index contributed by atoms with van der Waals surface area (Å²) in [4.78, 5) is 12.4. The molecule has 0 N–H and O–H groups in total. The molecule has 1 heterocycles. The lowest BCUT2D eigenvalue weighted by Gasteiger charge is -2.37. The van der Waals surface area contributed by atoms with E-state index in [-0.39, 0.29) is 34.4 Å². The molecule has 3 fully saturated rings. The monoisotopic (exact) mass is 300 g/mol. The van der Waals surface area contributed by atoms with Gasteiger partial charge in [-0.2, -0.15) is 0 Å². The Hall–Kier alpha value is -0.580. The third-order valence-corrected chi connectivity index (χ3v) is 8.18. The highest BCUT2D eigenvalue weighted by atomic mass is 32.2. The van der Waals surface area contributed by atoms with Crippen LogP contribution >= 0.6 is 0 Å². The summed E-state index contributed by atoms with van der Waals surface area (Å²) in [5, 5.41) is 0. The van der Waals surface area contributed by atoms with Crippen LogP contribution in [0, 0.1) is 22.7 Å². The van der Waals surface area contributed by atoms with E-state index in [1.807, 2.05) is 13.8 Å². The molecule has 0 aromatic carbocycles. The Kier molecular flexibility index (Phi) is 2.87. The Morgan fingerprint density at radius 1 is 1.35 bits per heavy atom. The minimum absolute atomic E-state index is 0.0393.